The number of nitrogens with one attached hydrogen (secondary N) is 1. The highest BCUT2D eigenvalue weighted by Gasteiger charge is 2.19. The molecule has 0 unspecified atom stereocenters. The molecule has 0 aliphatic rings. The van der Waals surface area contributed by atoms with E-state index in [-0.39, 0.29) is 18.5 Å². The normalized spacial score (nSPS) is 12.5. The van der Waals surface area contributed by atoms with Gasteiger partial charge in [0.2, 0.25) is 5.91 Å². The topological polar surface area (TPSA) is 63.1 Å². The molecule has 1 amide bonds. The van der Waals surface area contributed by atoms with Gasteiger partial charge in [0.05, 0.1) is 12.2 Å². The second-order valence-electron chi connectivity index (χ2n) is 4.70. The number of thiophene rings is 1. The van der Waals surface area contributed by atoms with E-state index in [1.165, 1.54) is 10.2 Å². The van der Waals surface area contributed by atoms with Gasteiger partial charge in [-0.1, -0.05) is 19.1 Å². The molecule has 114 valence electrons. The van der Waals surface area contributed by atoms with Crippen molar-refractivity contribution in [3.63, 3.8) is 0 Å². The molecule has 7 heteroatoms. The molecule has 0 bridgehead atoms. The van der Waals surface area contributed by atoms with Gasteiger partial charge in [-0.3, -0.25) is 9.69 Å². The monoisotopic (exact) mass is 307 g/mol. The molecule has 1 atom stereocenters. The molecule has 2 aromatic rings. The Hall–Kier alpha value is -1.73. The molecule has 2 heterocycles. The maximum absolute atomic E-state index is 12.0. The summed E-state index contributed by atoms with van der Waals surface area (Å²) in [6.45, 7) is 6.99. The third-order valence-corrected chi connectivity index (χ3v) is 4.15. The summed E-state index contributed by atoms with van der Waals surface area (Å²) in [4.78, 5) is 14.3. The minimum absolute atomic E-state index is 0.0483. The van der Waals surface area contributed by atoms with E-state index < -0.39 is 0 Å². The minimum Gasteiger partial charge on any atom is -0.353 e. The zero-order valence-electron chi connectivity index (χ0n) is 12.4. The minimum atomic E-state index is -0.0483. The van der Waals surface area contributed by atoms with E-state index in [0.29, 0.717) is 6.54 Å². The Kier molecular flexibility index (Phi) is 5.89. The van der Waals surface area contributed by atoms with Crippen LogP contribution < -0.4 is 5.32 Å². The van der Waals surface area contributed by atoms with Crippen molar-refractivity contribution < 1.29 is 4.79 Å². The van der Waals surface area contributed by atoms with Crippen molar-refractivity contribution in [3.8, 4) is 0 Å². The number of nitrogens with zero attached hydrogens (tertiary/aromatic N) is 4. The number of carbonyl (C=O) groups is 1. The quantitative estimate of drug-likeness (QED) is 0.803. The van der Waals surface area contributed by atoms with Gasteiger partial charge in [0.1, 0.15) is 6.54 Å². The van der Waals surface area contributed by atoms with E-state index in [1.807, 2.05) is 0 Å². The van der Waals surface area contributed by atoms with E-state index in [0.717, 1.165) is 13.1 Å². The zero-order valence-corrected chi connectivity index (χ0v) is 13.2. The first-order valence-corrected chi connectivity index (χ1v) is 8.05. The molecule has 0 aliphatic heterocycles. The Bertz CT molecular complexity index is 522. The molecule has 0 saturated heterocycles. The van der Waals surface area contributed by atoms with E-state index >= 15 is 0 Å². The maximum Gasteiger partial charge on any atom is 0.241 e. The molecular formula is C14H21N5OS. The lowest BCUT2D eigenvalue weighted by Gasteiger charge is -2.29. The lowest BCUT2D eigenvalue weighted by molar-refractivity contribution is -0.122. The van der Waals surface area contributed by atoms with Crippen LogP contribution in [0.3, 0.4) is 0 Å². The standard InChI is InChI=1S/C14H21N5OS/c1-3-18(4-2)13(12-5-8-21-11-12)9-15-14(20)10-19-7-6-16-17-19/h5-8,11,13H,3-4,9-10H2,1-2H3,(H,15,20)/t13-/m1/s1. The SMILES string of the molecule is CCN(CC)[C@H](CNC(=O)Cn1ccnn1)c1ccsc1. The molecule has 0 radical (unpaired) electrons. The van der Waals surface area contributed by atoms with Crippen LogP contribution in [0.25, 0.3) is 0 Å². The highest BCUT2D eigenvalue weighted by atomic mass is 32.1. The van der Waals surface area contributed by atoms with E-state index in [4.69, 9.17) is 0 Å². The van der Waals surface area contributed by atoms with Crippen LogP contribution in [0.1, 0.15) is 25.5 Å². The van der Waals surface area contributed by atoms with Crippen molar-refractivity contribution in [3.05, 3.63) is 34.8 Å². The van der Waals surface area contributed by atoms with Crippen LogP contribution in [-0.4, -0.2) is 45.4 Å². The summed E-state index contributed by atoms with van der Waals surface area (Å²) in [7, 11) is 0. The van der Waals surface area contributed by atoms with Crippen molar-refractivity contribution >= 4 is 17.2 Å². The van der Waals surface area contributed by atoms with Crippen LogP contribution in [0.2, 0.25) is 0 Å². The molecule has 2 rings (SSSR count). The first-order valence-electron chi connectivity index (χ1n) is 7.11. The van der Waals surface area contributed by atoms with Crippen molar-refractivity contribution in [2.24, 2.45) is 0 Å². The number of hydrogen-bond donors (Lipinski definition) is 1. The lowest BCUT2D eigenvalue weighted by Crippen LogP contribution is -2.39. The van der Waals surface area contributed by atoms with E-state index in [1.54, 1.807) is 23.7 Å². The Labute approximate surface area is 128 Å². The molecule has 21 heavy (non-hydrogen) atoms. The van der Waals surface area contributed by atoms with Crippen molar-refractivity contribution in [1.29, 1.82) is 0 Å². The van der Waals surface area contributed by atoms with Gasteiger partial charge in [0, 0.05) is 12.7 Å². The summed E-state index contributed by atoms with van der Waals surface area (Å²) in [6, 6.07) is 2.34. The van der Waals surface area contributed by atoms with E-state index in [2.05, 4.69) is 51.2 Å². The van der Waals surface area contributed by atoms with Crippen LogP contribution in [0, 0.1) is 0 Å². The average Bonchev–Trinajstić information content (AvgIpc) is 3.16. The summed E-state index contributed by atoms with van der Waals surface area (Å²) in [5.41, 5.74) is 1.25. The van der Waals surface area contributed by atoms with Gasteiger partial charge in [0.15, 0.2) is 0 Å². The van der Waals surface area contributed by atoms with Gasteiger partial charge < -0.3 is 5.32 Å². The summed E-state index contributed by atoms with van der Waals surface area (Å²) in [5, 5.41) is 14.7. The number of aromatic nitrogens is 3. The Morgan fingerprint density at radius 1 is 1.48 bits per heavy atom. The summed E-state index contributed by atoms with van der Waals surface area (Å²) in [5.74, 6) is -0.0483. The highest BCUT2D eigenvalue weighted by Crippen LogP contribution is 2.22. The zero-order chi connectivity index (χ0) is 15.1. The fourth-order valence-electron chi connectivity index (χ4n) is 2.32. The molecular weight excluding hydrogens is 286 g/mol. The van der Waals surface area contributed by atoms with Crippen LogP contribution in [-0.2, 0) is 11.3 Å². The van der Waals surface area contributed by atoms with Gasteiger partial charge in [-0.15, -0.1) is 5.10 Å². The third-order valence-electron chi connectivity index (χ3n) is 3.45. The second-order valence-corrected chi connectivity index (χ2v) is 5.48. The summed E-state index contributed by atoms with van der Waals surface area (Å²) in [6.07, 6.45) is 3.25. The number of hydrogen-bond acceptors (Lipinski definition) is 5. The van der Waals surface area contributed by atoms with Crippen LogP contribution in [0.15, 0.2) is 29.2 Å². The Morgan fingerprint density at radius 3 is 2.86 bits per heavy atom. The summed E-state index contributed by atoms with van der Waals surface area (Å²) < 4.78 is 1.52. The van der Waals surface area contributed by atoms with Gasteiger partial charge in [0.25, 0.3) is 0 Å². The molecule has 2 aromatic heterocycles. The first kappa shape index (κ1) is 15.7. The largest absolute Gasteiger partial charge is 0.353 e. The molecule has 0 saturated carbocycles. The number of carbonyl (C=O) groups excluding carboxylic acids is 1. The van der Waals surface area contributed by atoms with Gasteiger partial charge in [-0.05, 0) is 35.5 Å². The molecule has 0 spiro atoms. The van der Waals surface area contributed by atoms with Crippen molar-refractivity contribution in [2.45, 2.75) is 26.4 Å². The average molecular weight is 307 g/mol. The van der Waals surface area contributed by atoms with Gasteiger partial charge in [-0.2, -0.15) is 11.3 Å². The van der Waals surface area contributed by atoms with E-state index in [9.17, 15) is 4.79 Å². The van der Waals surface area contributed by atoms with Crippen LogP contribution in [0.5, 0.6) is 0 Å². The predicted molar refractivity (Wildman–Crippen MR) is 83.0 cm³/mol. The molecule has 0 aliphatic carbocycles. The smallest absolute Gasteiger partial charge is 0.241 e. The lowest BCUT2D eigenvalue weighted by atomic mass is 10.1. The Morgan fingerprint density at radius 2 is 2.29 bits per heavy atom. The predicted octanol–water partition coefficient (Wildman–Crippen LogP) is 1.54. The molecule has 6 nitrogen and oxygen atoms in total. The number of rotatable bonds is 8. The fourth-order valence-corrected chi connectivity index (χ4v) is 3.02. The summed E-state index contributed by atoms with van der Waals surface area (Å²) >= 11 is 1.68. The van der Waals surface area contributed by atoms with Crippen molar-refractivity contribution in [1.82, 2.24) is 25.2 Å². The highest BCUT2D eigenvalue weighted by molar-refractivity contribution is 7.07. The fraction of sp³-hybridized carbons (Fsp3) is 0.500. The van der Waals surface area contributed by atoms with Gasteiger partial charge >= 0.3 is 0 Å². The van der Waals surface area contributed by atoms with Crippen LogP contribution >= 0.6 is 11.3 Å². The third kappa shape index (κ3) is 4.37. The number of likely N-dealkylation sites (N-methyl/N-ethyl adjacent to an activating group) is 1. The van der Waals surface area contributed by atoms with Gasteiger partial charge in [-0.25, -0.2) is 4.68 Å². The Balaban J connectivity index is 1.94. The maximum atomic E-state index is 12.0. The number of amides is 1. The first-order chi connectivity index (χ1) is 10.2. The second kappa shape index (κ2) is 7.90. The molecule has 0 aromatic carbocycles. The van der Waals surface area contributed by atoms with Crippen molar-refractivity contribution in [2.75, 3.05) is 19.6 Å². The van der Waals surface area contributed by atoms with Crippen LogP contribution in [0.4, 0.5) is 0 Å². The molecule has 1 N–H and O–H groups in total. The molecule has 0 fully saturated rings.